The van der Waals surface area contributed by atoms with Crippen LogP contribution < -0.4 is 5.32 Å². The molecule has 5 heteroatoms. The number of carbonyl (C=O) groups excluding carboxylic acids is 1. The second-order valence-corrected chi connectivity index (χ2v) is 4.09. The predicted octanol–water partition coefficient (Wildman–Crippen LogP) is 1.70. The molecule has 0 saturated heterocycles. The van der Waals surface area contributed by atoms with E-state index in [-0.39, 0.29) is 18.5 Å². The Morgan fingerprint density at radius 2 is 1.82 bits per heavy atom. The Hall–Kier alpha value is -1.49. The summed E-state index contributed by atoms with van der Waals surface area (Å²) in [6.07, 6.45) is 0. The number of amides is 1. The van der Waals surface area contributed by atoms with Gasteiger partial charge in [0.05, 0.1) is 6.54 Å². The van der Waals surface area contributed by atoms with Gasteiger partial charge in [-0.05, 0) is 24.6 Å². The second kappa shape index (κ2) is 5.72. The molecule has 0 heterocycles. The highest BCUT2D eigenvalue weighted by atomic mass is 19.1. The van der Waals surface area contributed by atoms with Crippen LogP contribution in [0.25, 0.3) is 0 Å². The zero-order valence-corrected chi connectivity index (χ0v) is 10.1. The maximum absolute atomic E-state index is 13.0. The number of likely N-dealkylation sites (N-methyl/N-ethyl adjacent to an activating group) is 1. The topological polar surface area (TPSA) is 32.3 Å². The second-order valence-electron chi connectivity index (χ2n) is 4.09. The lowest BCUT2D eigenvalue weighted by atomic mass is 10.1. The van der Waals surface area contributed by atoms with E-state index in [0.29, 0.717) is 5.56 Å². The molecule has 1 aromatic rings. The third-order valence-electron chi connectivity index (χ3n) is 2.44. The molecule has 0 spiro atoms. The number of carbonyl (C=O) groups is 1. The first-order valence-electron chi connectivity index (χ1n) is 5.29. The number of nitrogens with zero attached hydrogens (tertiary/aromatic N) is 1. The first-order chi connectivity index (χ1) is 7.90. The van der Waals surface area contributed by atoms with Gasteiger partial charge in [0.1, 0.15) is 11.6 Å². The Bertz CT molecular complexity index is 387. The minimum Gasteiger partial charge on any atom is -0.348 e. The molecule has 1 unspecified atom stereocenters. The Morgan fingerprint density at radius 1 is 1.29 bits per heavy atom. The van der Waals surface area contributed by atoms with Crippen molar-refractivity contribution in [2.75, 3.05) is 20.6 Å². The molecule has 1 aromatic carbocycles. The van der Waals surface area contributed by atoms with Gasteiger partial charge in [0.2, 0.25) is 5.91 Å². The number of halogens is 2. The van der Waals surface area contributed by atoms with E-state index in [1.165, 1.54) is 17.0 Å². The summed E-state index contributed by atoms with van der Waals surface area (Å²) in [5.41, 5.74) is 0.481. The first kappa shape index (κ1) is 13.6. The zero-order valence-electron chi connectivity index (χ0n) is 10.1. The molecule has 1 N–H and O–H groups in total. The molecule has 0 aliphatic carbocycles. The van der Waals surface area contributed by atoms with Gasteiger partial charge in [0.25, 0.3) is 0 Å². The van der Waals surface area contributed by atoms with E-state index >= 15 is 0 Å². The molecule has 1 amide bonds. The third-order valence-corrected chi connectivity index (χ3v) is 2.44. The number of hydrogen-bond acceptors (Lipinski definition) is 2. The van der Waals surface area contributed by atoms with Crippen molar-refractivity contribution in [2.24, 2.45) is 0 Å². The summed E-state index contributed by atoms with van der Waals surface area (Å²) in [6.45, 7) is 1.88. The van der Waals surface area contributed by atoms with E-state index in [0.717, 1.165) is 6.07 Å². The standard InChI is InChI=1S/C12H16F2N2O/c1-8(15-7-12(17)16(2)3)9-4-10(13)6-11(14)5-9/h4-6,8,15H,7H2,1-3H3. The lowest BCUT2D eigenvalue weighted by Crippen LogP contribution is -2.34. The molecule has 0 fully saturated rings. The van der Waals surface area contributed by atoms with Crippen LogP contribution in [0.4, 0.5) is 8.78 Å². The van der Waals surface area contributed by atoms with Crippen LogP contribution in [0.15, 0.2) is 18.2 Å². The van der Waals surface area contributed by atoms with Gasteiger partial charge in [-0.3, -0.25) is 4.79 Å². The average molecular weight is 242 g/mol. The van der Waals surface area contributed by atoms with Crippen molar-refractivity contribution < 1.29 is 13.6 Å². The summed E-state index contributed by atoms with van der Waals surface area (Å²) in [4.78, 5) is 12.8. The van der Waals surface area contributed by atoms with Crippen LogP contribution in [-0.4, -0.2) is 31.4 Å². The van der Waals surface area contributed by atoms with E-state index in [1.54, 1.807) is 21.0 Å². The lowest BCUT2D eigenvalue weighted by Gasteiger charge is -2.16. The minimum atomic E-state index is -0.618. The van der Waals surface area contributed by atoms with Crippen molar-refractivity contribution in [1.82, 2.24) is 10.2 Å². The average Bonchev–Trinajstić information content (AvgIpc) is 2.23. The van der Waals surface area contributed by atoms with E-state index < -0.39 is 11.6 Å². The van der Waals surface area contributed by atoms with Gasteiger partial charge in [-0.25, -0.2) is 8.78 Å². The summed E-state index contributed by atoms with van der Waals surface area (Å²) >= 11 is 0. The van der Waals surface area contributed by atoms with Crippen LogP contribution in [0.1, 0.15) is 18.5 Å². The highest BCUT2D eigenvalue weighted by Gasteiger charge is 2.10. The molecule has 1 rings (SSSR count). The molecule has 0 aromatic heterocycles. The maximum Gasteiger partial charge on any atom is 0.236 e. The first-order valence-corrected chi connectivity index (χ1v) is 5.29. The van der Waals surface area contributed by atoms with E-state index in [2.05, 4.69) is 5.32 Å². The number of rotatable bonds is 4. The molecule has 0 aliphatic rings. The molecule has 3 nitrogen and oxygen atoms in total. The monoisotopic (exact) mass is 242 g/mol. The fourth-order valence-corrected chi connectivity index (χ4v) is 1.34. The Morgan fingerprint density at radius 3 is 2.29 bits per heavy atom. The SMILES string of the molecule is CC(NCC(=O)N(C)C)c1cc(F)cc(F)c1. The normalized spacial score (nSPS) is 12.3. The quantitative estimate of drug-likeness (QED) is 0.871. The van der Waals surface area contributed by atoms with Gasteiger partial charge in [-0.1, -0.05) is 0 Å². The van der Waals surface area contributed by atoms with Gasteiger partial charge in [-0.15, -0.1) is 0 Å². The Balaban J connectivity index is 2.63. The molecule has 0 aliphatic heterocycles. The van der Waals surface area contributed by atoms with Crippen molar-refractivity contribution in [3.05, 3.63) is 35.4 Å². The Labute approximate surface area is 99.4 Å². The number of nitrogens with one attached hydrogen (secondary N) is 1. The van der Waals surface area contributed by atoms with Gasteiger partial charge < -0.3 is 10.2 Å². The lowest BCUT2D eigenvalue weighted by molar-refractivity contribution is -0.127. The van der Waals surface area contributed by atoms with Gasteiger partial charge in [0.15, 0.2) is 0 Å². The largest absolute Gasteiger partial charge is 0.348 e. The summed E-state index contributed by atoms with van der Waals surface area (Å²) in [5, 5.41) is 2.91. The van der Waals surface area contributed by atoms with Crippen molar-refractivity contribution in [1.29, 1.82) is 0 Å². The van der Waals surface area contributed by atoms with Crippen molar-refractivity contribution in [2.45, 2.75) is 13.0 Å². The number of hydrogen-bond donors (Lipinski definition) is 1. The van der Waals surface area contributed by atoms with E-state index in [9.17, 15) is 13.6 Å². The number of benzene rings is 1. The van der Waals surface area contributed by atoms with Gasteiger partial charge >= 0.3 is 0 Å². The molecule has 0 radical (unpaired) electrons. The smallest absolute Gasteiger partial charge is 0.236 e. The van der Waals surface area contributed by atoms with Crippen LogP contribution in [-0.2, 0) is 4.79 Å². The fraction of sp³-hybridized carbons (Fsp3) is 0.417. The van der Waals surface area contributed by atoms with Crippen LogP contribution in [0.2, 0.25) is 0 Å². The van der Waals surface area contributed by atoms with Crippen molar-refractivity contribution in [3.63, 3.8) is 0 Å². The highest BCUT2D eigenvalue weighted by Crippen LogP contribution is 2.15. The van der Waals surface area contributed by atoms with Gasteiger partial charge in [-0.2, -0.15) is 0 Å². The molecular formula is C12H16F2N2O. The fourth-order valence-electron chi connectivity index (χ4n) is 1.34. The maximum atomic E-state index is 13.0. The zero-order chi connectivity index (χ0) is 13.0. The summed E-state index contributed by atoms with van der Waals surface area (Å²) in [5.74, 6) is -1.33. The van der Waals surface area contributed by atoms with Crippen LogP contribution >= 0.6 is 0 Å². The molecular weight excluding hydrogens is 226 g/mol. The molecule has 0 bridgehead atoms. The van der Waals surface area contributed by atoms with Crippen molar-refractivity contribution >= 4 is 5.91 Å². The molecule has 0 saturated carbocycles. The summed E-state index contributed by atoms with van der Waals surface area (Å²) in [6, 6.07) is 3.03. The van der Waals surface area contributed by atoms with Crippen LogP contribution in [0, 0.1) is 11.6 Å². The predicted molar refractivity (Wildman–Crippen MR) is 61.5 cm³/mol. The van der Waals surface area contributed by atoms with E-state index in [1.807, 2.05) is 0 Å². The third kappa shape index (κ3) is 4.11. The van der Waals surface area contributed by atoms with Crippen LogP contribution in [0.5, 0.6) is 0 Å². The molecule has 94 valence electrons. The Kier molecular flexibility index (Phi) is 4.57. The summed E-state index contributed by atoms with van der Waals surface area (Å²) < 4.78 is 25.9. The van der Waals surface area contributed by atoms with Crippen LogP contribution in [0.3, 0.4) is 0 Å². The van der Waals surface area contributed by atoms with E-state index in [4.69, 9.17) is 0 Å². The highest BCUT2D eigenvalue weighted by molar-refractivity contribution is 5.77. The minimum absolute atomic E-state index is 0.0891. The molecule has 1 atom stereocenters. The van der Waals surface area contributed by atoms with Crippen molar-refractivity contribution in [3.8, 4) is 0 Å². The van der Waals surface area contributed by atoms with Gasteiger partial charge in [0, 0.05) is 26.2 Å². The summed E-state index contributed by atoms with van der Waals surface area (Å²) in [7, 11) is 3.30. The molecule has 17 heavy (non-hydrogen) atoms.